The van der Waals surface area contributed by atoms with Gasteiger partial charge in [-0.15, -0.1) is 0 Å². The average Bonchev–Trinajstić information content (AvgIpc) is 2.76. The van der Waals surface area contributed by atoms with Crippen molar-refractivity contribution in [1.82, 2.24) is 4.90 Å². The number of rotatable bonds is 3. The zero-order chi connectivity index (χ0) is 12.3. The number of likely N-dealkylation sites (tertiary alicyclic amines) is 1. The molecule has 0 saturated carbocycles. The first kappa shape index (κ1) is 12.8. The molecule has 1 amide bonds. The van der Waals surface area contributed by atoms with Crippen molar-refractivity contribution >= 4 is 5.91 Å². The van der Waals surface area contributed by atoms with Crippen molar-refractivity contribution in [3.63, 3.8) is 0 Å². The Morgan fingerprint density at radius 1 is 1.47 bits per heavy atom. The summed E-state index contributed by atoms with van der Waals surface area (Å²) in [6, 6.07) is -0.378. The van der Waals surface area contributed by atoms with E-state index < -0.39 is 5.79 Å². The van der Waals surface area contributed by atoms with Crippen LogP contribution >= 0.6 is 0 Å². The van der Waals surface area contributed by atoms with Crippen LogP contribution in [0.3, 0.4) is 0 Å². The maximum atomic E-state index is 12.1. The highest BCUT2D eigenvalue weighted by atomic mass is 16.7. The molecule has 0 aliphatic carbocycles. The van der Waals surface area contributed by atoms with Crippen LogP contribution in [0.2, 0.25) is 0 Å². The topological polar surface area (TPSA) is 64.8 Å². The van der Waals surface area contributed by atoms with Crippen LogP contribution in [0.5, 0.6) is 0 Å². The quantitative estimate of drug-likeness (QED) is 0.781. The SMILES string of the molecule is CCCC(N)C(=O)N1CCCC2(C1)OCCO2. The first-order valence-electron chi connectivity index (χ1n) is 6.49. The molecule has 2 heterocycles. The van der Waals surface area contributed by atoms with Crippen molar-refractivity contribution in [2.24, 2.45) is 5.73 Å². The van der Waals surface area contributed by atoms with Gasteiger partial charge in [-0.3, -0.25) is 4.79 Å². The Hall–Kier alpha value is -0.650. The van der Waals surface area contributed by atoms with E-state index in [2.05, 4.69) is 0 Å². The van der Waals surface area contributed by atoms with E-state index in [1.165, 1.54) is 0 Å². The van der Waals surface area contributed by atoms with Crippen LogP contribution in [-0.2, 0) is 14.3 Å². The molecule has 17 heavy (non-hydrogen) atoms. The predicted octanol–water partition coefficient (Wildman–Crippen LogP) is 0.479. The summed E-state index contributed by atoms with van der Waals surface area (Å²) < 4.78 is 11.3. The van der Waals surface area contributed by atoms with Gasteiger partial charge in [0.1, 0.15) is 0 Å². The zero-order valence-electron chi connectivity index (χ0n) is 10.5. The van der Waals surface area contributed by atoms with Crippen LogP contribution in [0.15, 0.2) is 0 Å². The maximum Gasteiger partial charge on any atom is 0.239 e. The van der Waals surface area contributed by atoms with Crippen LogP contribution < -0.4 is 5.73 Å². The van der Waals surface area contributed by atoms with Crippen LogP contribution in [0.1, 0.15) is 32.6 Å². The largest absolute Gasteiger partial charge is 0.346 e. The summed E-state index contributed by atoms with van der Waals surface area (Å²) in [5, 5.41) is 0. The molecule has 2 aliphatic rings. The summed E-state index contributed by atoms with van der Waals surface area (Å²) in [5.41, 5.74) is 5.87. The summed E-state index contributed by atoms with van der Waals surface area (Å²) in [6.07, 6.45) is 3.47. The molecule has 2 rings (SSSR count). The van der Waals surface area contributed by atoms with E-state index in [1.807, 2.05) is 6.92 Å². The fourth-order valence-corrected chi connectivity index (χ4v) is 2.58. The minimum Gasteiger partial charge on any atom is -0.346 e. The van der Waals surface area contributed by atoms with Crippen LogP contribution in [0, 0.1) is 0 Å². The van der Waals surface area contributed by atoms with Crippen LogP contribution in [0.25, 0.3) is 0 Å². The summed E-state index contributed by atoms with van der Waals surface area (Å²) >= 11 is 0. The fraction of sp³-hybridized carbons (Fsp3) is 0.917. The van der Waals surface area contributed by atoms with Gasteiger partial charge in [-0.05, 0) is 12.8 Å². The molecule has 0 aromatic heterocycles. The molecule has 1 atom stereocenters. The Balaban J connectivity index is 1.94. The molecule has 5 nitrogen and oxygen atoms in total. The van der Waals surface area contributed by atoms with Crippen molar-refractivity contribution in [3.8, 4) is 0 Å². The molecular formula is C12H22N2O3. The predicted molar refractivity (Wildman–Crippen MR) is 63.3 cm³/mol. The van der Waals surface area contributed by atoms with E-state index in [-0.39, 0.29) is 11.9 Å². The Labute approximate surface area is 102 Å². The van der Waals surface area contributed by atoms with Crippen molar-refractivity contribution in [3.05, 3.63) is 0 Å². The molecule has 0 aromatic carbocycles. The Morgan fingerprint density at radius 2 is 2.18 bits per heavy atom. The Bertz CT molecular complexity index is 277. The standard InChI is InChI=1S/C12H22N2O3/c1-2-4-10(13)11(15)14-6-3-5-12(9-14)16-7-8-17-12/h10H,2-9,13H2,1H3. The summed E-state index contributed by atoms with van der Waals surface area (Å²) in [7, 11) is 0. The number of ether oxygens (including phenoxy) is 2. The lowest BCUT2D eigenvalue weighted by Gasteiger charge is -2.39. The van der Waals surface area contributed by atoms with Gasteiger partial charge in [-0.1, -0.05) is 13.3 Å². The highest BCUT2D eigenvalue weighted by molar-refractivity contribution is 5.81. The lowest BCUT2D eigenvalue weighted by molar-refractivity contribution is -0.193. The van der Waals surface area contributed by atoms with E-state index in [9.17, 15) is 4.79 Å². The molecule has 1 spiro atoms. The number of hydrogen-bond donors (Lipinski definition) is 1. The van der Waals surface area contributed by atoms with E-state index in [0.29, 0.717) is 19.8 Å². The molecule has 2 fully saturated rings. The zero-order valence-corrected chi connectivity index (χ0v) is 10.5. The van der Waals surface area contributed by atoms with Gasteiger partial charge in [0.05, 0.1) is 25.8 Å². The van der Waals surface area contributed by atoms with Gasteiger partial charge in [-0.2, -0.15) is 0 Å². The first-order valence-corrected chi connectivity index (χ1v) is 6.49. The number of amides is 1. The van der Waals surface area contributed by atoms with Gasteiger partial charge in [0.25, 0.3) is 0 Å². The van der Waals surface area contributed by atoms with E-state index in [0.717, 1.165) is 32.2 Å². The molecular weight excluding hydrogens is 220 g/mol. The highest BCUT2D eigenvalue weighted by Gasteiger charge is 2.42. The maximum absolute atomic E-state index is 12.1. The summed E-state index contributed by atoms with van der Waals surface area (Å²) in [6.45, 7) is 4.59. The average molecular weight is 242 g/mol. The molecule has 2 saturated heterocycles. The van der Waals surface area contributed by atoms with Gasteiger partial charge in [0, 0.05) is 13.0 Å². The monoisotopic (exact) mass is 242 g/mol. The van der Waals surface area contributed by atoms with Crippen molar-refractivity contribution in [1.29, 1.82) is 0 Å². The van der Waals surface area contributed by atoms with Crippen molar-refractivity contribution in [2.45, 2.75) is 44.4 Å². The van der Waals surface area contributed by atoms with E-state index in [4.69, 9.17) is 15.2 Å². The number of hydrogen-bond acceptors (Lipinski definition) is 4. The summed E-state index contributed by atoms with van der Waals surface area (Å²) in [4.78, 5) is 13.9. The lowest BCUT2D eigenvalue weighted by atomic mass is 10.0. The Kier molecular flexibility index (Phi) is 4.01. The number of carbonyl (C=O) groups excluding carboxylic acids is 1. The molecule has 0 aromatic rings. The number of nitrogens with two attached hydrogens (primary N) is 1. The van der Waals surface area contributed by atoms with Gasteiger partial charge < -0.3 is 20.1 Å². The van der Waals surface area contributed by atoms with Gasteiger partial charge in [0.2, 0.25) is 5.91 Å². The second-order valence-corrected chi connectivity index (χ2v) is 4.87. The number of carbonyl (C=O) groups is 1. The molecule has 0 bridgehead atoms. The Morgan fingerprint density at radius 3 is 2.82 bits per heavy atom. The number of nitrogens with zero attached hydrogens (tertiary/aromatic N) is 1. The molecule has 0 radical (unpaired) electrons. The van der Waals surface area contributed by atoms with Crippen LogP contribution in [-0.4, -0.2) is 48.9 Å². The molecule has 2 N–H and O–H groups in total. The van der Waals surface area contributed by atoms with Gasteiger partial charge >= 0.3 is 0 Å². The van der Waals surface area contributed by atoms with Gasteiger partial charge in [-0.25, -0.2) is 0 Å². The first-order chi connectivity index (χ1) is 8.17. The summed E-state index contributed by atoms with van der Waals surface area (Å²) in [5.74, 6) is -0.509. The normalized spacial score (nSPS) is 25.2. The third kappa shape index (κ3) is 2.78. The second kappa shape index (κ2) is 5.33. The van der Waals surface area contributed by atoms with Crippen molar-refractivity contribution < 1.29 is 14.3 Å². The number of piperidine rings is 1. The van der Waals surface area contributed by atoms with Crippen LogP contribution in [0.4, 0.5) is 0 Å². The van der Waals surface area contributed by atoms with E-state index in [1.54, 1.807) is 4.90 Å². The minimum atomic E-state index is -0.542. The van der Waals surface area contributed by atoms with Crippen molar-refractivity contribution in [2.75, 3.05) is 26.3 Å². The lowest BCUT2D eigenvalue weighted by Crippen LogP contribution is -2.54. The molecule has 1 unspecified atom stereocenters. The van der Waals surface area contributed by atoms with E-state index >= 15 is 0 Å². The molecule has 2 aliphatic heterocycles. The fourth-order valence-electron chi connectivity index (χ4n) is 2.58. The smallest absolute Gasteiger partial charge is 0.239 e. The minimum absolute atomic E-state index is 0.0324. The third-order valence-corrected chi connectivity index (χ3v) is 3.46. The third-order valence-electron chi connectivity index (χ3n) is 3.46. The molecule has 5 heteroatoms. The second-order valence-electron chi connectivity index (χ2n) is 4.87. The van der Waals surface area contributed by atoms with Gasteiger partial charge in [0.15, 0.2) is 5.79 Å². The highest BCUT2D eigenvalue weighted by Crippen LogP contribution is 2.30. The molecule has 98 valence electrons.